The van der Waals surface area contributed by atoms with E-state index in [-0.39, 0.29) is 49.2 Å². The Morgan fingerprint density at radius 3 is 2.16 bits per heavy atom. The van der Waals surface area contributed by atoms with Crippen molar-refractivity contribution in [3.8, 4) is 0 Å². The first-order chi connectivity index (χ1) is 31.3. The van der Waals surface area contributed by atoms with Gasteiger partial charge in [0.15, 0.2) is 0 Å². The number of carbonyl (C=O) groups excluding carboxylic acids is 3. The number of amides is 3. The lowest BCUT2D eigenvalue weighted by Gasteiger charge is -2.44. The molecule has 0 aromatic heterocycles. The van der Waals surface area contributed by atoms with Gasteiger partial charge in [0.1, 0.15) is 36.1 Å². The Kier molecular flexibility index (Phi) is 14.2. The molecule has 3 saturated heterocycles. The molecule has 0 bridgehead atoms. The van der Waals surface area contributed by atoms with E-state index in [1.165, 1.54) is 29.8 Å². The molecule has 3 aromatic carbocycles. The number of alkyl halides is 6. The number of ether oxygens (including phenoxy) is 4. The number of likely N-dealkylation sites (N-methyl/N-ethyl adjacent to an activating group) is 1. The molecule has 3 aliphatic heterocycles. The zero-order valence-electron chi connectivity index (χ0n) is 38.7. The summed E-state index contributed by atoms with van der Waals surface area (Å²) in [5.41, 5.74) is -4.22. The van der Waals surface area contributed by atoms with E-state index in [0.29, 0.717) is 82.5 Å². The van der Waals surface area contributed by atoms with E-state index in [1.54, 1.807) is 16.8 Å². The minimum absolute atomic E-state index is 0.0265. The summed E-state index contributed by atoms with van der Waals surface area (Å²) in [6.45, 7) is 10.9. The topological polar surface area (TPSA) is 101 Å². The fraction of sp³-hybridized carbons (Fsp3) is 0.571. The maximum atomic E-state index is 14.1. The summed E-state index contributed by atoms with van der Waals surface area (Å²) in [7, 11) is 1.74. The van der Waals surface area contributed by atoms with Crippen molar-refractivity contribution in [2.24, 2.45) is 0 Å². The molecule has 3 fully saturated rings. The van der Waals surface area contributed by atoms with Gasteiger partial charge in [-0.05, 0) is 133 Å². The van der Waals surface area contributed by atoms with E-state index in [9.17, 15) is 45.1 Å². The second kappa shape index (κ2) is 19.0. The number of halogens is 7. The van der Waals surface area contributed by atoms with Crippen LogP contribution in [0, 0.1) is 5.82 Å². The molecular weight excluding hydrogens is 890 g/mol. The third kappa shape index (κ3) is 11.2. The van der Waals surface area contributed by atoms with Crippen molar-refractivity contribution >= 4 is 17.9 Å². The molecule has 3 amide bonds. The summed E-state index contributed by atoms with van der Waals surface area (Å²) in [6.07, 6.45) is -7.58. The van der Waals surface area contributed by atoms with Crippen LogP contribution in [0.1, 0.15) is 105 Å². The van der Waals surface area contributed by atoms with Gasteiger partial charge in [0.05, 0.1) is 36.4 Å². The third-order valence-electron chi connectivity index (χ3n) is 13.5. The van der Waals surface area contributed by atoms with E-state index in [4.69, 9.17) is 18.9 Å². The summed E-state index contributed by atoms with van der Waals surface area (Å²) in [6, 6.07) is 14.4. The summed E-state index contributed by atoms with van der Waals surface area (Å²) >= 11 is 0. The van der Waals surface area contributed by atoms with Crippen LogP contribution in [0.5, 0.6) is 0 Å². The Balaban J connectivity index is 0.966. The van der Waals surface area contributed by atoms with Crippen LogP contribution < -0.4 is 0 Å². The number of hydrogen-bond acceptors (Lipinski definition) is 8. The molecular formula is C49H59F7N4O7. The normalized spacial score (nSPS) is 22.9. The van der Waals surface area contributed by atoms with E-state index >= 15 is 0 Å². The van der Waals surface area contributed by atoms with Crippen LogP contribution in [0.4, 0.5) is 35.5 Å². The van der Waals surface area contributed by atoms with Gasteiger partial charge in [-0.2, -0.15) is 26.3 Å². The zero-order valence-corrected chi connectivity index (χ0v) is 38.7. The van der Waals surface area contributed by atoms with Gasteiger partial charge in [-0.1, -0.05) is 36.4 Å². The van der Waals surface area contributed by atoms with E-state index < -0.39 is 70.5 Å². The molecule has 3 aromatic rings. The van der Waals surface area contributed by atoms with Crippen molar-refractivity contribution in [2.75, 3.05) is 59.7 Å². The lowest BCUT2D eigenvalue weighted by atomic mass is 9.72. The molecule has 1 unspecified atom stereocenters. The van der Waals surface area contributed by atoms with Gasteiger partial charge in [0, 0.05) is 31.1 Å². The van der Waals surface area contributed by atoms with Crippen molar-refractivity contribution in [1.82, 2.24) is 19.6 Å². The maximum Gasteiger partial charge on any atom is 0.416 e. The van der Waals surface area contributed by atoms with E-state index in [1.807, 2.05) is 46.8 Å². The number of rotatable bonds is 12. The molecule has 0 saturated carbocycles. The number of carbonyl (C=O) groups is 3. The Morgan fingerprint density at radius 1 is 0.896 bits per heavy atom. The molecule has 4 aliphatic rings. The number of piperidine rings is 1. The SMILES string of the molecule is CN(CCCC1CN(C(=O)OC(C)(C)C)C(C)(C)O1)C(=O)CO[C@H]1Cc2ccccc2C12CCN(CC[C@@]1(c3ccc(F)cc3)CN(C(=O)c3cc(C(F)(F)F)cc(C(F)(F)F)c3)CO1)CC2. The Morgan fingerprint density at radius 2 is 1.54 bits per heavy atom. The molecule has 366 valence electrons. The summed E-state index contributed by atoms with van der Waals surface area (Å²) < 4.78 is 121. The standard InChI is InChI=1S/C49H59F7N4O7/c1-44(2,3)67-43(63)60-28-38(66-45(60,4)5)11-9-20-57(6)41(61)29-64-40-26-32-10-7-8-12-39(32)46(40)17-21-58(22-18-46)23-19-47(34-13-15-37(50)16-14-34)30-59(31-65-47)42(62)33-24-35(48(51,52)53)27-36(25-33)49(54,55)56/h7-8,10,12-16,24-25,27,38,40H,9,11,17-23,26,28-31H2,1-6H3/t38?,40-,47-/m0/s1. The predicted molar refractivity (Wildman–Crippen MR) is 232 cm³/mol. The van der Waals surface area contributed by atoms with Gasteiger partial charge in [0.2, 0.25) is 5.91 Å². The Labute approximate surface area is 386 Å². The fourth-order valence-corrected chi connectivity index (χ4v) is 9.95. The molecule has 0 radical (unpaired) electrons. The van der Waals surface area contributed by atoms with Gasteiger partial charge in [-0.25, -0.2) is 9.18 Å². The smallest absolute Gasteiger partial charge is 0.416 e. The van der Waals surface area contributed by atoms with Crippen LogP contribution in [0.25, 0.3) is 0 Å². The number of fused-ring (bicyclic) bond motifs is 2. The number of benzene rings is 3. The molecule has 18 heteroatoms. The Bertz CT molecular complexity index is 2240. The van der Waals surface area contributed by atoms with Crippen molar-refractivity contribution in [2.45, 2.75) is 120 Å². The quantitative estimate of drug-likeness (QED) is 0.166. The minimum Gasteiger partial charge on any atom is -0.444 e. The lowest BCUT2D eigenvalue weighted by molar-refractivity contribution is -0.143. The number of hydrogen-bond donors (Lipinski definition) is 0. The Hall–Kier alpha value is -4.78. The summed E-state index contributed by atoms with van der Waals surface area (Å²) in [4.78, 5) is 46.5. The third-order valence-corrected chi connectivity index (χ3v) is 13.5. The van der Waals surface area contributed by atoms with Gasteiger partial charge >= 0.3 is 18.4 Å². The molecule has 3 atom stereocenters. The van der Waals surface area contributed by atoms with Crippen LogP contribution in [-0.4, -0.2) is 121 Å². The molecule has 0 N–H and O–H groups in total. The zero-order chi connectivity index (χ0) is 48.7. The van der Waals surface area contributed by atoms with Crippen molar-refractivity contribution < 1.29 is 64.1 Å². The first-order valence-electron chi connectivity index (χ1n) is 22.6. The highest BCUT2D eigenvalue weighted by molar-refractivity contribution is 5.95. The van der Waals surface area contributed by atoms with Crippen LogP contribution in [0.2, 0.25) is 0 Å². The largest absolute Gasteiger partial charge is 0.444 e. The van der Waals surface area contributed by atoms with Gasteiger partial charge < -0.3 is 33.6 Å². The van der Waals surface area contributed by atoms with Gasteiger partial charge in [0.25, 0.3) is 5.91 Å². The monoisotopic (exact) mass is 948 g/mol. The highest BCUT2D eigenvalue weighted by atomic mass is 19.4. The summed E-state index contributed by atoms with van der Waals surface area (Å²) in [5.74, 6) is -1.74. The van der Waals surface area contributed by atoms with Crippen molar-refractivity contribution in [1.29, 1.82) is 0 Å². The molecule has 7 rings (SSSR count). The van der Waals surface area contributed by atoms with Crippen LogP contribution in [0.15, 0.2) is 66.7 Å². The van der Waals surface area contributed by atoms with E-state index in [2.05, 4.69) is 17.0 Å². The molecule has 1 spiro atoms. The first kappa shape index (κ1) is 50.1. The second-order valence-electron chi connectivity index (χ2n) is 19.7. The van der Waals surface area contributed by atoms with Crippen LogP contribution >= 0.6 is 0 Å². The highest BCUT2D eigenvalue weighted by Crippen LogP contribution is 2.48. The summed E-state index contributed by atoms with van der Waals surface area (Å²) in [5, 5.41) is 0. The highest BCUT2D eigenvalue weighted by Gasteiger charge is 2.51. The van der Waals surface area contributed by atoms with Gasteiger partial charge in [-0.3, -0.25) is 14.5 Å². The van der Waals surface area contributed by atoms with E-state index in [0.717, 1.165) is 10.5 Å². The fourth-order valence-electron chi connectivity index (χ4n) is 9.95. The average Bonchev–Trinajstić information content (AvgIpc) is 3.92. The van der Waals surface area contributed by atoms with Crippen molar-refractivity contribution in [3.63, 3.8) is 0 Å². The lowest BCUT2D eigenvalue weighted by Crippen LogP contribution is -2.50. The van der Waals surface area contributed by atoms with Crippen LogP contribution in [0.3, 0.4) is 0 Å². The van der Waals surface area contributed by atoms with Crippen molar-refractivity contribution in [3.05, 3.63) is 106 Å². The second-order valence-corrected chi connectivity index (χ2v) is 19.7. The van der Waals surface area contributed by atoms with Gasteiger partial charge in [-0.15, -0.1) is 0 Å². The molecule has 1 aliphatic carbocycles. The average molecular weight is 949 g/mol. The molecule has 11 nitrogen and oxygen atoms in total. The molecule has 67 heavy (non-hydrogen) atoms. The first-order valence-corrected chi connectivity index (χ1v) is 22.6. The maximum absolute atomic E-state index is 14.1. The molecule has 3 heterocycles. The predicted octanol–water partition coefficient (Wildman–Crippen LogP) is 9.16. The minimum atomic E-state index is -5.13. The number of likely N-dealkylation sites (tertiary alicyclic amines) is 1. The van der Waals surface area contributed by atoms with Crippen LogP contribution in [-0.2, 0) is 53.5 Å². The number of nitrogens with zero attached hydrogens (tertiary/aromatic N) is 4.